The Morgan fingerprint density at radius 1 is 1.18 bits per heavy atom. The summed E-state index contributed by atoms with van der Waals surface area (Å²) in [6, 6.07) is 0. The van der Waals surface area contributed by atoms with Crippen LogP contribution >= 0.6 is 0 Å². The van der Waals surface area contributed by atoms with Gasteiger partial charge in [0.25, 0.3) is 20.2 Å². The number of ether oxygens (including phenoxy) is 1. The van der Waals surface area contributed by atoms with Crippen LogP contribution in [0.2, 0.25) is 0 Å². The molecule has 0 amide bonds. The number of carbonyl (C=O) groups is 1. The predicted octanol–water partition coefficient (Wildman–Crippen LogP) is -0.750. The molecule has 100 valence electrons. The van der Waals surface area contributed by atoms with E-state index in [0.717, 1.165) is 0 Å². The third-order valence-electron chi connectivity index (χ3n) is 1.42. The molecule has 0 saturated carbocycles. The van der Waals surface area contributed by atoms with Crippen LogP contribution in [0.4, 0.5) is 0 Å². The van der Waals surface area contributed by atoms with Crippen molar-refractivity contribution in [2.75, 3.05) is 11.5 Å². The quantitative estimate of drug-likeness (QED) is 0.370. The summed E-state index contributed by atoms with van der Waals surface area (Å²) in [7, 11) is -9.10. The van der Waals surface area contributed by atoms with Crippen LogP contribution in [0.3, 0.4) is 0 Å². The first-order chi connectivity index (χ1) is 7.41. The van der Waals surface area contributed by atoms with Crippen molar-refractivity contribution < 1.29 is 35.5 Å². The number of rotatable bonds is 6. The van der Waals surface area contributed by atoms with Crippen LogP contribution in [0, 0.1) is 0 Å². The van der Waals surface area contributed by atoms with Gasteiger partial charge in [0.2, 0.25) is 0 Å². The summed E-state index contributed by atoms with van der Waals surface area (Å²) >= 11 is 0. The molecule has 0 unspecified atom stereocenters. The van der Waals surface area contributed by atoms with E-state index < -0.39 is 43.8 Å². The van der Waals surface area contributed by atoms with Gasteiger partial charge in [-0.05, 0) is 6.92 Å². The molecular formula is C7H12O8S2. The number of hydrogen-bond donors (Lipinski definition) is 2. The molecule has 0 aliphatic carbocycles. The first-order valence-corrected chi connectivity index (χ1v) is 7.39. The van der Waals surface area contributed by atoms with Crippen LogP contribution in [0.25, 0.3) is 0 Å². The van der Waals surface area contributed by atoms with Crippen molar-refractivity contribution in [1.29, 1.82) is 0 Å². The van der Waals surface area contributed by atoms with Crippen LogP contribution in [-0.2, 0) is 29.8 Å². The van der Waals surface area contributed by atoms with Crippen molar-refractivity contribution in [3.05, 3.63) is 12.2 Å². The van der Waals surface area contributed by atoms with E-state index in [9.17, 15) is 21.6 Å². The minimum Gasteiger partial charge on any atom is -0.457 e. The van der Waals surface area contributed by atoms with E-state index in [4.69, 9.17) is 9.11 Å². The molecular weight excluding hydrogens is 276 g/mol. The Kier molecular flexibility index (Phi) is 5.26. The highest BCUT2D eigenvalue weighted by Gasteiger charge is 2.26. The fourth-order valence-electron chi connectivity index (χ4n) is 0.838. The Hall–Kier alpha value is -0.970. The number of esters is 1. The summed E-state index contributed by atoms with van der Waals surface area (Å²) in [4.78, 5) is 11.1. The molecule has 0 aromatic heterocycles. The zero-order valence-electron chi connectivity index (χ0n) is 8.86. The molecule has 0 aromatic rings. The van der Waals surface area contributed by atoms with Crippen molar-refractivity contribution in [1.82, 2.24) is 0 Å². The van der Waals surface area contributed by atoms with Gasteiger partial charge in [-0.1, -0.05) is 6.58 Å². The highest BCUT2D eigenvalue weighted by Crippen LogP contribution is 2.04. The summed E-state index contributed by atoms with van der Waals surface area (Å²) in [6.45, 7) is 4.47. The molecule has 10 heteroatoms. The predicted molar refractivity (Wildman–Crippen MR) is 57.5 cm³/mol. The van der Waals surface area contributed by atoms with Gasteiger partial charge in [0.05, 0.1) is 0 Å². The van der Waals surface area contributed by atoms with Crippen molar-refractivity contribution in [2.24, 2.45) is 0 Å². The lowest BCUT2D eigenvalue weighted by Gasteiger charge is -2.14. The van der Waals surface area contributed by atoms with E-state index in [1.807, 2.05) is 0 Å². The monoisotopic (exact) mass is 288 g/mol. The first-order valence-electron chi connectivity index (χ1n) is 4.17. The average molecular weight is 288 g/mol. The Morgan fingerprint density at radius 3 is 1.76 bits per heavy atom. The lowest BCUT2D eigenvalue weighted by atomic mass is 10.3. The normalized spacial score (nSPS) is 12.5. The first kappa shape index (κ1) is 16.0. The number of hydrogen-bond acceptors (Lipinski definition) is 6. The molecule has 0 radical (unpaired) electrons. The van der Waals surface area contributed by atoms with Crippen LogP contribution in [0.15, 0.2) is 12.2 Å². The van der Waals surface area contributed by atoms with Gasteiger partial charge >= 0.3 is 5.97 Å². The second kappa shape index (κ2) is 5.58. The Balaban J connectivity index is 4.87. The molecule has 0 aromatic carbocycles. The Morgan fingerprint density at radius 2 is 1.53 bits per heavy atom. The molecule has 0 atom stereocenters. The minimum atomic E-state index is -4.55. The van der Waals surface area contributed by atoms with Gasteiger partial charge < -0.3 is 4.74 Å². The molecule has 0 aliphatic heterocycles. The molecule has 8 nitrogen and oxygen atoms in total. The highest BCUT2D eigenvalue weighted by molar-refractivity contribution is 7.86. The van der Waals surface area contributed by atoms with E-state index in [2.05, 4.69) is 11.3 Å². The van der Waals surface area contributed by atoms with E-state index in [1.165, 1.54) is 6.92 Å². The Labute approximate surface area is 98.8 Å². The summed E-state index contributed by atoms with van der Waals surface area (Å²) in [5, 5.41) is 0. The van der Waals surface area contributed by atoms with Gasteiger partial charge in [-0.15, -0.1) is 0 Å². The summed E-state index contributed by atoms with van der Waals surface area (Å²) < 4.78 is 63.7. The van der Waals surface area contributed by atoms with E-state index in [-0.39, 0.29) is 5.57 Å². The minimum absolute atomic E-state index is 0.0827. The van der Waals surface area contributed by atoms with Crippen LogP contribution < -0.4 is 0 Å². The molecule has 0 spiro atoms. The molecule has 0 fully saturated rings. The second-order valence-electron chi connectivity index (χ2n) is 3.30. The van der Waals surface area contributed by atoms with Gasteiger partial charge in [0.15, 0.2) is 0 Å². The number of carbonyl (C=O) groups excluding carboxylic acids is 1. The second-order valence-corrected chi connectivity index (χ2v) is 6.30. The molecule has 0 rings (SSSR count). The van der Waals surface area contributed by atoms with E-state index in [1.54, 1.807) is 0 Å². The van der Waals surface area contributed by atoms with Crippen molar-refractivity contribution in [3.63, 3.8) is 0 Å². The maximum absolute atomic E-state index is 11.1. The average Bonchev–Trinajstić information content (AvgIpc) is 1.96. The van der Waals surface area contributed by atoms with Crippen LogP contribution in [0.1, 0.15) is 6.92 Å². The van der Waals surface area contributed by atoms with E-state index in [0.29, 0.717) is 0 Å². The molecule has 0 aliphatic rings. The highest BCUT2D eigenvalue weighted by atomic mass is 32.2. The molecule has 0 heterocycles. The molecule has 0 bridgehead atoms. The Bertz CT molecular complexity index is 466. The molecule has 0 saturated heterocycles. The van der Waals surface area contributed by atoms with Crippen molar-refractivity contribution in [3.8, 4) is 0 Å². The molecule has 2 N–H and O–H groups in total. The summed E-state index contributed by atoms with van der Waals surface area (Å²) in [5.41, 5.74) is -0.0827. The zero-order valence-corrected chi connectivity index (χ0v) is 10.5. The lowest BCUT2D eigenvalue weighted by molar-refractivity contribution is -0.142. The standard InChI is InChI=1S/C7H12O8S2/c1-5(2)7(8)15-6(3-16(9,10)11)4-17(12,13)14/h6H,1,3-4H2,2H3,(H,9,10,11)(H,12,13,14). The lowest BCUT2D eigenvalue weighted by Crippen LogP contribution is -2.33. The van der Waals surface area contributed by atoms with Crippen LogP contribution in [-0.4, -0.2) is 49.5 Å². The fourth-order valence-corrected chi connectivity index (χ4v) is 2.30. The maximum atomic E-state index is 11.1. The van der Waals surface area contributed by atoms with Crippen molar-refractivity contribution in [2.45, 2.75) is 13.0 Å². The smallest absolute Gasteiger partial charge is 0.333 e. The van der Waals surface area contributed by atoms with Gasteiger partial charge in [0, 0.05) is 5.57 Å². The SMILES string of the molecule is C=C(C)C(=O)OC(CS(=O)(=O)O)CS(=O)(=O)O. The zero-order chi connectivity index (χ0) is 13.9. The molecule has 17 heavy (non-hydrogen) atoms. The van der Waals surface area contributed by atoms with Gasteiger partial charge in [-0.25, -0.2) is 4.79 Å². The fraction of sp³-hybridized carbons (Fsp3) is 0.571. The van der Waals surface area contributed by atoms with Crippen LogP contribution in [0.5, 0.6) is 0 Å². The third kappa shape index (κ3) is 8.80. The largest absolute Gasteiger partial charge is 0.457 e. The van der Waals surface area contributed by atoms with Crippen molar-refractivity contribution >= 4 is 26.2 Å². The summed E-state index contributed by atoms with van der Waals surface area (Å²) in [6.07, 6.45) is -1.70. The van der Waals surface area contributed by atoms with E-state index >= 15 is 0 Å². The van der Waals surface area contributed by atoms with Gasteiger partial charge in [-0.3, -0.25) is 9.11 Å². The van der Waals surface area contributed by atoms with Gasteiger partial charge in [0.1, 0.15) is 17.6 Å². The third-order valence-corrected chi connectivity index (χ3v) is 3.00. The summed E-state index contributed by atoms with van der Waals surface area (Å²) in [5.74, 6) is -3.29. The maximum Gasteiger partial charge on any atom is 0.333 e. The topological polar surface area (TPSA) is 135 Å². The van der Waals surface area contributed by atoms with Gasteiger partial charge in [-0.2, -0.15) is 16.8 Å².